The zero-order valence-electron chi connectivity index (χ0n) is 10.0. The van der Waals surface area contributed by atoms with Crippen molar-refractivity contribution in [2.45, 2.75) is 26.3 Å². The van der Waals surface area contributed by atoms with Gasteiger partial charge in [-0.15, -0.1) is 0 Å². The molecule has 1 atom stereocenters. The van der Waals surface area contributed by atoms with Crippen LogP contribution in [-0.2, 0) is 18.3 Å². The molecule has 7 nitrogen and oxygen atoms in total. The van der Waals surface area contributed by atoms with Crippen LogP contribution in [0.15, 0.2) is 6.20 Å². The van der Waals surface area contributed by atoms with Gasteiger partial charge in [-0.1, -0.05) is 6.92 Å². The fraction of sp³-hybridized carbons (Fsp3) is 0.500. The molecule has 0 fully saturated rings. The fourth-order valence-corrected chi connectivity index (χ4v) is 1.32. The summed E-state index contributed by atoms with van der Waals surface area (Å²) in [4.78, 5) is 22.0. The smallest absolute Gasteiger partial charge is 0.325 e. The van der Waals surface area contributed by atoms with Crippen LogP contribution in [-0.4, -0.2) is 32.9 Å². The molecular formula is C10H16N4O3. The van der Waals surface area contributed by atoms with Gasteiger partial charge in [-0.05, 0) is 13.3 Å². The van der Waals surface area contributed by atoms with E-state index >= 15 is 0 Å². The molecule has 0 unspecified atom stereocenters. The van der Waals surface area contributed by atoms with Crippen LogP contribution in [0.5, 0.6) is 0 Å². The number of aryl methyl sites for hydroxylation is 2. The summed E-state index contributed by atoms with van der Waals surface area (Å²) in [6.07, 6.45) is 2.36. The maximum atomic E-state index is 11.5. The summed E-state index contributed by atoms with van der Waals surface area (Å²) in [7, 11) is 1.75. The summed E-state index contributed by atoms with van der Waals surface area (Å²) in [5.41, 5.74) is 1.34. The summed E-state index contributed by atoms with van der Waals surface area (Å²) >= 11 is 0. The minimum atomic E-state index is -1.08. The summed E-state index contributed by atoms with van der Waals surface area (Å²) in [5, 5.41) is 17.7. The number of carboxylic acid groups (broad SMARTS) is 1. The molecule has 0 radical (unpaired) electrons. The van der Waals surface area contributed by atoms with Gasteiger partial charge in [0.2, 0.25) is 0 Å². The van der Waals surface area contributed by atoms with E-state index in [0.717, 1.165) is 5.69 Å². The van der Waals surface area contributed by atoms with Crippen LogP contribution in [0, 0.1) is 0 Å². The first-order valence-electron chi connectivity index (χ1n) is 5.26. The molecule has 0 saturated carbocycles. The Morgan fingerprint density at radius 2 is 2.24 bits per heavy atom. The van der Waals surface area contributed by atoms with Crippen molar-refractivity contribution in [3.05, 3.63) is 11.9 Å². The Balaban J connectivity index is 2.64. The standard InChI is InChI=1S/C10H16N4O3/c1-4-7-8(5-14(3)13-7)12-10(17)11-6(2)9(15)16/h5-6H,4H2,1-3H3,(H,15,16)(H2,11,12,17)/t6-/m1/s1. The Bertz CT molecular complexity index is 427. The molecule has 0 aliphatic carbocycles. The van der Waals surface area contributed by atoms with E-state index in [1.165, 1.54) is 6.92 Å². The highest BCUT2D eigenvalue weighted by Gasteiger charge is 2.15. The summed E-state index contributed by atoms with van der Waals surface area (Å²) in [5.74, 6) is -1.08. The number of hydrogen-bond donors (Lipinski definition) is 3. The lowest BCUT2D eigenvalue weighted by Crippen LogP contribution is -2.40. The molecule has 0 saturated heterocycles. The Morgan fingerprint density at radius 1 is 1.59 bits per heavy atom. The predicted molar refractivity (Wildman–Crippen MR) is 61.8 cm³/mol. The highest BCUT2D eigenvalue weighted by atomic mass is 16.4. The number of nitrogens with zero attached hydrogens (tertiary/aromatic N) is 2. The Kier molecular flexibility index (Phi) is 4.08. The van der Waals surface area contributed by atoms with Crippen LogP contribution < -0.4 is 10.6 Å². The molecule has 0 aliphatic heterocycles. The van der Waals surface area contributed by atoms with Crippen molar-refractivity contribution in [1.29, 1.82) is 0 Å². The van der Waals surface area contributed by atoms with Crippen LogP contribution in [0.1, 0.15) is 19.5 Å². The van der Waals surface area contributed by atoms with Crippen molar-refractivity contribution >= 4 is 17.7 Å². The number of amides is 2. The largest absolute Gasteiger partial charge is 0.480 e. The van der Waals surface area contributed by atoms with Crippen LogP contribution in [0.4, 0.5) is 10.5 Å². The number of aromatic nitrogens is 2. The number of carbonyl (C=O) groups excluding carboxylic acids is 1. The summed E-state index contributed by atoms with van der Waals surface area (Å²) in [6.45, 7) is 3.32. The predicted octanol–water partition coefficient (Wildman–Crippen LogP) is 0.577. The maximum absolute atomic E-state index is 11.5. The molecule has 1 aromatic heterocycles. The number of rotatable bonds is 4. The molecule has 1 heterocycles. The number of anilines is 1. The molecule has 1 aromatic rings. The summed E-state index contributed by atoms with van der Waals surface area (Å²) < 4.78 is 1.59. The monoisotopic (exact) mass is 240 g/mol. The van der Waals surface area contributed by atoms with E-state index in [1.54, 1.807) is 17.9 Å². The van der Waals surface area contributed by atoms with Crippen molar-refractivity contribution in [1.82, 2.24) is 15.1 Å². The number of urea groups is 1. The van der Waals surface area contributed by atoms with Gasteiger partial charge in [0, 0.05) is 13.2 Å². The van der Waals surface area contributed by atoms with Crippen LogP contribution in [0.25, 0.3) is 0 Å². The van der Waals surface area contributed by atoms with Gasteiger partial charge in [0.1, 0.15) is 6.04 Å². The minimum Gasteiger partial charge on any atom is -0.480 e. The zero-order chi connectivity index (χ0) is 13.0. The minimum absolute atomic E-state index is 0.553. The van der Waals surface area contributed by atoms with Crippen molar-refractivity contribution in [3.8, 4) is 0 Å². The molecule has 17 heavy (non-hydrogen) atoms. The average Bonchev–Trinajstić information content (AvgIpc) is 2.58. The third-order valence-electron chi connectivity index (χ3n) is 2.21. The van der Waals surface area contributed by atoms with E-state index in [4.69, 9.17) is 5.11 Å². The molecule has 0 spiro atoms. The molecule has 3 N–H and O–H groups in total. The normalized spacial score (nSPS) is 11.9. The van der Waals surface area contributed by atoms with E-state index in [1.807, 2.05) is 6.92 Å². The first-order chi connectivity index (χ1) is 7.93. The van der Waals surface area contributed by atoms with Gasteiger partial charge >= 0.3 is 12.0 Å². The maximum Gasteiger partial charge on any atom is 0.325 e. The SMILES string of the molecule is CCc1nn(C)cc1NC(=O)N[C@H](C)C(=O)O. The van der Waals surface area contributed by atoms with Gasteiger partial charge in [-0.3, -0.25) is 9.48 Å². The van der Waals surface area contributed by atoms with Gasteiger partial charge in [0.25, 0.3) is 0 Å². The Hall–Kier alpha value is -2.05. The lowest BCUT2D eigenvalue weighted by molar-refractivity contribution is -0.138. The number of aliphatic carboxylic acids is 1. The van der Waals surface area contributed by atoms with E-state index in [9.17, 15) is 9.59 Å². The first-order valence-corrected chi connectivity index (χ1v) is 5.26. The van der Waals surface area contributed by atoms with Crippen LogP contribution in [0.2, 0.25) is 0 Å². The third kappa shape index (κ3) is 3.47. The molecule has 0 aromatic carbocycles. The van der Waals surface area contributed by atoms with Crippen LogP contribution >= 0.6 is 0 Å². The lowest BCUT2D eigenvalue weighted by Gasteiger charge is -2.10. The van der Waals surface area contributed by atoms with Crippen molar-refractivity contribution in [2.75, 3.05) is 5.32 Å². The van der Waals surface area contributed by atoms with E-state index in [-0.39, 0.29) is 0 Å². The quantitative estimate of drug-likeness (QED) is 0.717. The van der Waals surface area contributed by atoms with Gasteiger partial charge < -0.3 is 15.7 Å². The number of carbonyl (C=O) groups is 2. The summed E-state index contributed by atoms with van der Waals surface area (Å²) in [6, 6.07) is -1.49. The van der Waals surface area contributed by atoms with Gasteiger partial charge in [0.15, 0.2) is 0 Å². The highest BCUT2D eigenvalue weighted by Crippen LogP contribution is 2.13. The molecular weight excluding hydrogens is 224 g/mol. The van der Waals surface area contributed by atoms with Gasteiger partial charge in [-0.25, -0.2) is 4.79 Å². The highest BCUT2D eigenvalue weighted by molar-refractivity contribution is 5.92. The second-order valence-electron chi connectivity index (χ2n) is 3.68. The van der Waals surface area contributed by atoms with Crippen molar-refractivity contribution in [3.63, 3.8) is 0 Å². The molecule has 0 bridgehead atoms. The van der Waals surface area contributed by atoms with Gasteiger partial charge in [0.05, 0.1) is 11.4 Å². The third-order valence-corrected chi connectivity index (χ3v) is 2.21. The van der Waals surface area contributed by atoms with Crippen molar-refractivity contribution < 1.29 is 14.7 Å². The van der Waals surface area contributed by atoms with E-state index < -0.39 is 18.0 Å². The topological polar surface area (TPSA) is 96.3 Å². The van der Waals surface area contributed by atoms with E-state index in [0.29, 0.717) is 12.1 Å². The number of nitrogens with one attached hydrogen (secondary N) is 2. The van der Waals surface area contributed by atoms with E-state index in [2.05, 4.69) is 15.7 Å². The molecule has 0 aliphatic rings. The van der Waals surface area contributed by atoms with Crippen LogP contribution in [0.3, 0.4) is 0 Å². The van der Waals surface area contributed by atoms with Crippen molar-refractivity contribution in [2.24, 2.45) is 7.05 Å². The first kappa shape index (κ1) is 13.0. The second kappa shape index (κ2) is 5.33. The fourth-order valence-electron chi connectivity index (χ4n) is 1.32. The number of hydrogen-bond acceptors (Lipinski definition) is 3. The molecule has 7 heteroatoms. The average molecular weight is 240 g/mol. The Labute approximate surface area is 98.8 Å². The number of carboxylic acids is 1. The molecule has 1 rings (SSSR count). The molecule has 2 amide bonds. The molecule has 94 valence electrons. The zero-order valence-corrected chi connectivity index (χ0v) is 10.0. The van der Waals surface area contributed by atoms with Gasteiger partial charge in [-0.2, -0.15) is 5.10 Å². The second-order valence-corrected chi connectivity index (χ2v) is 3.68. The Morgan fingerprint density at radius 3 is 2.76 bits per heavy atom. The lowest BCUT2D eigenvalue weighted by atomic mass is 10.3.